The normalized spacial score (nSPS) is 9.08. The van der Waals surface area contributed by atoms with E-state index in [0.29, 0.717) is 5.75 Å². The molecule has 0 atom stereocenters. The first-order chi connectivity index (χ1) is 5.33. The second kappa shape index (κ2) is 6.03. The predicted octanol–water partition coefficient (Wildman–Crippen LogP) is 1.86. The minimum Gasteiger partial charge on any atom is -0.508 e. The summed E-state index contributed by atoms with van der Waals surface area (Å²) in [4.78, 5) is 0. The Bertz CT molecular complexity index is 210. The van der Waals surface area contributed by atoms with E-state index in [4.69, 9.17) is 10.8 Å². The molecule has 0 spiro atoms. The number of halogens is 1. The molecule has 0 saturated heterocycles. The molecular weight excluding hydrogens is 218 g/mol. The topological polar surface area (TPSA) is 46.2 Å². The van der Waals surface area contributed by atoms with Crippen molar-refractivity contribution in [2.24, 2.45) is 5.73 Å². The maximum atomic E-state index is 8.96. The van der Waals surface area contributed by atoms with Crippen molar-refractivity contribution in [2.45, 2.75) is 12.8 Å². The van der Waals surface area contributed by atoms with Gasteiger partial charge in [0.2, 0.25) is 0 Å². The Morgan fingerprint density at radius 3 is 2.25 bits per heavy atom. The first-order valence-corrected chi connectivity index (χ1v) is 3.81. The monoisotopic (exact) mass is 231 g/mol. The Kier molecular flexibility index (Phi) is 5.76. The van der Waals surface area contributed by atoms with Crippen LogP contribution in [0, 0.1) is 0 Å². The highest BCUT2D eigenvalue weighted by atomic mass is 79.9. The van der Waals surface area contributed by atoms with Crippen LogP contribution in [0.5, 0.6) is 5.75 Å². The van der Waals surface area contributed by atoms with Gasteiger partial charge >= 0.3 is 0 Å². The first-order valence-electron chi connectivity index (χ1n) is 3.81. The number of hydrogen-bond acceptors (Lipinski definition) is 2. The summed E-state index contributed by atoms with van der Waals surface area (Å²) in [6.07, 6.45) is 2.00. The summed E-state index contributed by atoms with van der Waals surface area (Å²) in [6, 6.07) is 7.24. The fourth-order valence-electron chi connectivity index (χ4n) is 0.969. The van der Waals surface area contributed by atoms with Crippen LogP contribution < -0.4 is 5.73 Å². The van der Waals surface area contributed by atoms with Gasteiger partial charge in [-0.1, -0.05) is 12.1 Å². The van der Waals surface area contributed by atoms with Crippen LogP contribution in [-0.2, 0) is 6.42 Å². The van der Waals surface area contributed by atoms with Crippen LogP contribution in [0.4, 0.5) is 0 Å². The van der Waals surface area contributed by atoms with Gasteiger partial charge in [-0.05, 0) is 37.1 Å². The van der Waals surface area contributed by atoms with Gasteiger partial charge in [-0.15, -0.1) is 17.0 Å². The summed E-state index contributed by atoms with van der Waals surface area (Å²) < 4.78 is 0. The molecule has 1 rings (SSSR count). The van der Waals surface area contributed by atoms with Crippen molar-refractivity contribution in [2.75, 3.05) is 6.54 Å². The lowest BCUT2D eigenvalue weighted by Crippen LogP contribution is -1.99. The third kappa shape index (κ3) is 3.74. The largest absolute Gasteiger partial charge is 0.508 e. The zero-order valence-electron chi connectivity index (χ0n) is 6.86. The summed E-state index contributed by atoms with van der Waals surface area (Å²) in [5.41, 5.74) is 6.59. The van der Waals surface area contributed by atoms with Gasteiger partial charge in [0.25, 0.3) is 0 Å². The van der Waals surface area contributed by atoms with E-state index >= 15 is 0 Å². The molecule has 2 nitrogen and oxygen atoms in total. The number of aromatic hydroxyl groups is 1. The van der Waals surface area contributed by atoms with E-state index < -0.39 is 0 Å². The number of phenolic OH excluding ortho intramolecular Hbond substituents is 1. The third-order valence-corrected chi connectivity index (χ3v) is 1.61. The van der Waals surface area contributed by atoms with E-state index in [2.05, 4.69) is 0 Å². The Balaban J connectivity index is 0.00000121. The number of hydrogen-bond donors (Lipinski definition) is 2. The van der Waals surface area contributed by atoms with Crippen LogP contribution >= 0.6 is 17.0 Å². The second-order valence-electron chi connectivity index (χ2n) is 2.56. The number of aryl methyl sites for hydroxylation is 1. The molecule has 0 fully saturated rings. The van der Waals surface area contributed by atoms with Gasteiger partial charge in [0.1, 0.15) is 5.75 Å². The van der Waals surface area contributed by atoms with E-state index in [1.54, 1.807) is 12.1 Å². The van der Waals surface area contributed by atoms with E-state index in [9.17, 15) is 0 Å². The summed E-state index contributed by atoms with van der Waals surface area (Å²) in [7, 11) is 0. The van der Waals surface area contributed by atoms with Crippen molar-refractivity contribution in [3.05, 3.63) is 29.8 Å². The molecule has 0 bridgehead atoms. The summed E-state index contributed by atoms with van der Waals surface area (Å²) in [5, 5.41) is 8.96. The third-order valence-electron chi connectivity index (χ3n) is 1.61. The SMILES string of the molecule is Br.NCCCc1ccc(O)cc1. The fraction of sp³-hybridized carbons (Fsp3) is 0.333. The molecule has 0 amide bonds. The fourth-order valence-corrected chi connectivity index (χ4v) is 0.969. The van der Waals surface area contributed by atoms with Crippen LogP contribution in [0.15, 0.2) is 24.3 Å². The Morgan fingerprint density at radius 2 is 1.75 bits per heavy atom. The van der Waals surface area contributed by atoms with E-state index in [0.717, 1.165) is 19.4 Å². The molecule has 3 N–H and O–H groups in total. The molecule has 0 aliphatic heterocycles. The molecule has 1 aromatic rings. The molecule has 1 aromatic carbocycles. The predicted molar refractivity (Wildman–Crippen MR) is 55.8 cm³/mol. The standard InChI is InChI=1S/C9H13NO.BrH/c10-7-1-2-8-3-5-9(11)6-4-8;/h3-6,11H,1-2,7,10H2;1H. The maximum Gasteiger partial charge on any atom is 0.115 e. The van der Waals surface area contributed by atoms with Crippen molar-refractivity contribution in [3.63, 3.8) is 0 Å². The van der Waals surface area contributed by atoms with Crippen LogP contribution in [0.3, 0.4) is 0 Å². The number of phenols is 1. The molecular formula is C9H14BrNO. The highest BCUT2D eigenvalue weighted by Crippen LogP contribution is 2.10. The number of rotatable bonds is 3. The van der Waals surface area contributed by atoms with Crippen molar-refractivity contribution in [1.29, 1.82) is 0 Å². The lowest BCUT2D eigenvalue weighted by atomic mass is 10.1. The average molecular weight is 232 g/mol. The summed E-state index contributed by atoms with van der Waals surface area (Å²) in [6.45, 7) is 0.723. The molecule has 0 saturated carbocycles. The number of nitrogens with two attached hydrogens (primary N) is 1. The molecule has 0 unspecified atom stereocenters. The lowest BCUT2D eigenvalue weighted by molar-refractivity contribution is 0.475. The Hall–Kier alpha value is -0.540. The van der Waals surface area contributed by atoms with Gasteiger partial charge < -0.3 is 10.8 Å². The first kappa shape index (κ1) is 11.5. The quantitative estimate of drug-likeness (QED) is 0.835. The molecule has 0 radical (unpaired) electrons. The molecule has 68 valence electrons. The van der Waals surface area contributed by atoms with Gasteiger partial charge in [0.15, 0.2) is 0 Å². The zero-order chi connectivity index (χ0) is 8.10. The van der Waals surface area contributed by atoms with Crippen molar-refractivity contribution < 1.29 is 5.11 Å². The van der Waals surface area contributed by atoms with Crippen LogP contribution in [-0.4, -0.2) is 11.7 Å². The zero-order valence-corrected chi connectivity index (χ0v) is 8.58. The highest BCUT2D eigenvalue weighted by molar-refractivity contribution is 8.93. The van der Waals surface area contributed by atoms with Gasteiger partial charge in [0.05, 0.1) is 0 Å². The molecule has 3 heteroatoms. The molecule has 12 heavy (non-hydrogen) atoms. The van der Waals surface area contributed by atoms with Crippen LogP contribution in [0.2, 0.25) is 0 Å². The van der Waals surface area contributed by atoms with E-state index in [-0.39, 0.29) is 17.0 Å². The maximum absolute atomic E-state index is 8.96. The minimum absolute atomic E-state index is 0. The van der Waals surface area contributed by atoms with Crippen LogP contribution in [0.25, 0.3) is 0 Å². The lowest BCUT2D eigenvalue weighted by Gasteiger charge is -1.98. The average Bonchev–Trinajstić information content (AvgIpc) is 2.04. The van der Waals surface area contributed by atoms with Gasteiger partial charge in [-0.25, -0.2) is 0 Å². The van der Waals surface area contributed by atoms with Gasteiger partial charge in [-0.2, -0.15) is 0 Å². The number of benzene rings is 1. The minimum atomic E-state index is 0. The van der Waals surface area contributed by atoms with Crippen molar-refractivity contribution >= 4 is 17.0 Å². The molecule has 0 heterocycles. The molecule has 0 aromatic heterocycles. The second-order valence-corrected chi connectivity index (χ2v) is 2.56. The summed E-state index contributed by atoms with van der Waals surface area (Å²) >= 11 is 0. The molecule has 0 aliphatic carbocycles. The molecule has 0 aliphatic rings. The van der Waals surface area contributed by atoms with Crippen molar-refractivity contribution in [1.82, 2.24) is 0 Å². The van der Waals surface area contributed by atoms with E-state index in [1.165, 1.54) is 5.56 Å². The summed E-state index contributed by atoms with van der Waals surface area (Å²) in [5.74, 6) is 0.321. The Morgan fingerprint density at radius 1 is 1.17 bits per heavy atom. The highest BCUT2D eigenvalue weighted by Gasteiger charge is 1.91. The van der Waals surface area contributed by atoms with Gasteiger partial charge in [0, 0.05) is 0 Å². The van der Waals surface area contributed by atoms with Gasteiger partial charge in [-0.3, -0.25) is 0 Å². The van der Waals surface area contributed by atoms with Crippen LogP contribution in [0.1, 0.15) is 12.0 Å². The van der Waals surface area contributed by atoms with Crippen molar-refractivity contribution in [3.8, 4) is 5.75 Å². The van der Waals surface area contributed by atoms with E-state index in [1.807, 2.05) is 12.1 Å². The smallest absolute Gasteiger partial charge is 0.115 e. The Labute approximate surface area is 83.2 Å².